The van der Waals surface area contributed by atoms with Gasteiger partial charge in [-0.25, -0.2) is 4.68 Å². The molecule has 0 aliphatic carbocycles. The molecule has 2 aromatic heterocycles. The summed E-state index contributed by atoms with van der Waals surface area (Å²) < 4.78 is 1.87. The lowest BCUT2D eigenvalue weighted by atomic mass is 10.2. The van der Waals surface area contributed by atoms with Crippen LogP contribution < -0.4 is 0 Å². The summed E-state index contributed by atoms with van der Waals surface area (Å²) in [6.45, 7) is 7.22. The monoisotopic (exact) mass is 259 g/mol. The fourth-order valence-electron chi connectivity index (χ4n) is 1.77. The van der Waals surface area contributed by atoms with Gasteiger partial charge in [-0.15, -0.1) is 5.10 Å². The van der Waals surface area contributed by atoms with Crippen LogP contribution in [0.1, 0.15) is 38.2 Å². The van der Waals surface area contributed by atoms with Crippen molar-refractivity contribution in [1.29, 1.82) is 0 Å². The summed E-state index contributed by atoms with van der Waals surface area (Å²) in [6, 6.07) is 6.51. The Morgan fingerprint density at radius 1 is 1.26 bits per heavy atom. The topological polar surface area (TPSA) is 46.8 Å². The molecule has 5 nitrogen and oxygen atoms in total. The second-order valence-corrected chi connectivity index (χ2v) is 5.13. The average Bonchev–Trinajstić information content (AvgIpc) is 2.87. The van der Waals surface area contributed by atoms with E-state index in [4.69, 9.17) is 0 Å². The summed E-state index contributed by atoms with van der Waals surface area (Å²) in [5, 5.41) is 8.43. The van der Waals surface area contributed by atoms with Gasteiger partial charge >= 0.3 is 0 Å². The molecule has 0 N–H and O–H groups in total. The Kier molecular flexibility index (Phi) is 4.27. The normalized spacial score (nSPS) is 13.2. The van der Waals surface area contributed by atoms with Crippen LogP contribution in [0.4, 0.5) is 0 Å². The summed E-state index contributed by atoms with van der Waals surface area (Å²) in [6.07, 6.45) is 3.80. The van der Waals surface area contributed by atoms with Gasteiger partial charge in [0.05, 0.1) is 23.6 Å². The zero-order valence-corrected chi connectivity index (χ0v) is 12.0. The van der Waals surface area contributed by atoms with E-state index in [2.05, 4.69) is 48.0 Å². The van der Waals surface area contributed by atoms with Crippen molar-refractivity contribution in [3.05, 3.63) is 42.0 Å². The first-order valence-electron chi connectivity index (χ1n) is 6.60. The molecule has 2 aromatic rings. The maximum absolute atomic E-state index is 4.35. The third kappa shape index (κ3) is 3.38. The van der Waals surface area contributed by atoms with Gasteiger partial charge in [0.15, 0.2) is 0 Å². The number of nitrogens with zero attached hydrogens (tertiary/aromatic N) is 5. The van der Waals surface area contributed by atoms with E-state index in [1.807, 2.05) is 29.1 Å². The molecule has 0 bridgehead atoms. The molecule has 5 heteroatoms. The van der Waals surface area contributed by atoms with Gasteiger partial charge in [0.1, 0.15) is 0 Å². The van der Waals surface area contributed by atoms with E-state index < -0.39 is 0 Å². The highest BCUT2D eigenvalue weighted by molar-refractivity contribution is 5.09. The Bertz CT molecular complexity index is 506. The number of hydrogen-bond acceptors (Lipinski definition) is 4. The number of rotatable bonds is 5. The molecular weight excluding hydrogens is 238 g/mol. The third-order valence-electron chi connectivity index (χ3n) is 3.36. The van der Waals surface area contributed by atoms with Crippen molar-refractivity contribution in [2.24, 2.45) is 0 Å². The van der Waals surface area contributed by atoms with E-state index in [1.165, 1.54) is 0 Å². The lowest BCUT2D eigenvalue weighted by Crippen LogP contribution is -2.25. The third-order valence-corrected chi connectivity index (χ3v) is 3.36. The smallest absolute Gasteiger partial charge is 0.0967 e. The lowest BCUT2D eigenvalue weighted by molar-refractivity contribution is 0.262. The van der Waals surface area contributed by atoms with Crippen LogP contribution in [0.3, 0.4) is 0 Å². The molecule has 0 aliphatic heterocycles. The van der Waals surface area contributed by atoms with Crippen LogP contribution in [0.2, 0.25) is 0 Å². The molecular formula is C14H21N5. The van der Waals surface area contributed by atoms with Gasteiger partial charge < -0.3 is 0 Å². The molecule has 102 valence electrons. The fraction of sp³-hybridized carbons (Fsp3) is 0.500. The molecule has 0 saturated heterocycles. The van der Waals surface area contributed by atoms with E-state index in [9.17, 15) is 0 Å². The molecule has 0 aromatic carbocycles. The minimum atomic E-state index is 0.104. The van der Waals surface area contributed by atoms with E-state index in [-0.39, 0.29) is 6.04 Å². The molecule has 0 aliphatic rings. The van der Waals surface area contributed by atoms with Crippen LogP contribution in [0.15, 0.2) is 30.6 Å². The Morgan fingerprint density at radius 2 is 2.05 bits per heavy atom. The Morgan fingerprint density at radius 3 is 2.68 bits per heavy atom. The van der Waals surface area contributed by atoms with E-state index >= 15 is 0 Å². The van der Waals surface area contributed by atoms with Gasteiger partial charge in [-0.3, -0.25) is 9.88 Å². The molecule has 2 rings (SSSR count). The first-order valence-corrected chi connectivity index (χ1v) is 6.60. The summed E-state index contributed by atoms with van der Waals surface area (Å²) >= 11 is 0. The fourth-order valence-corrected chi connectivity index (χ4v) is 1.77. The molecule has 0 amide bonds. The van der Waals surface area contributed by atoms with Crippen molar-refractivity contribution < 1.29 is 0 Å². The van der Waals surface area contributed by atoms with Crippen molar-refractivity contribution in [3.8, 4) is 0 Å². The second kappa shape index (κ2) is 5.93. The second-order valence-electron chi connectivity index (χ2n) is 5.13. The molecule has 0 fully saturated rings. The van der Waals surface area contributed by atoms with Crippen LogP contribution in [0, 0.1) is 0 Å². The minimum absolute atomic E-state index is 0.104. The lowest BCUT2D eigenvalue weighted by Gasteiger charge is -2.19. The minimum Gasteiger partial charge on any atom is -0.298 e. The summed E-state index contributed by atoms with van der Waals surface area (Å²) in [5.41, 5.74) is 1.98. The van der Waals surface area contributed by atoms with Crippen LogP contribution in [0.25, 0.3) is 0 Å². The van der Waals surface area contributed by atoms with Crippen LogP contribution in [-0.2, 0) is 6.54 Å². The molecule has 0 unspecified atom stereocenters. The SMILES string of the molecule is CC(C)N(C)Cc1cn([C@H](C)c2ccccn2)nn1. The summed E-state index contributed by atoms with van der Waals surface area (Å²) in [5.74, 6) is 0. The molecule has 0 radical (unpaired) electrons. The van der Waals surface area contributed by atoms with E-state index in [0.717, 1.165) is 17.9 Å². The Labute approximate surface area is 114 Å². The van der Waals surface area contributed by atoms with Gasteiger partial charge in [-0.05, 0) is 40.0 Å². The van der Waals surface area contributed by atoms with Crippen molar-refractivity contribution in [3.63, 3.8) is 0 Å². The van der Waals surface area contributed by atoms with Crippen LogP contribution >= 0.6 is 0 Å². The zero-order valence-electron chi connectivity index (χ0n) is 12.0. The van der Waals surface area contributed by atoms with Gasteiger partial charge in [0, 0.05) is 18.8 Å². The maximum atomic E-state index is 4.35. The van der Waals surface area contributed by atoms with Crippen LogP contribution in [0.5, 0.6) is 0 Å². The van der Waals surface area contributed by atoms with Gasteiger partial charge in [0.2, 0.25) is 0 Å². The first-order chi connectivity index (χ1) is 9.08. The predicted octanol–water partition coefficient (Wildman–Crippen LogP) is 2.12. The number of pyridine rings is 1. The highest BCUT2D eigenvalue weighted by Gasteiger charge is 2.13. The molecule has 2 heterocycles. The molecule has 0 saturated carbocycles. The Hall–Kier alpha value is -1.75. The quantitative estimate of drug-likeness (QED) is 0.825. The van der Waals surface area contributed by atoms with Gasteiger partial charge in [-0.1, -0.05) is 11.3 Å². The molecule has 0 spiro atoms. The standard InChI is InChI=1S/C14H21N5/c1-11(2)18(4)9-13-10-19(17-16-13)12(3)14-7-5-6-8-15-14/h5-8,10-12H,9H2,1-4H3/t12-/m1/s1. The predicted molar refractivity (Wildman–Crippen MR) is 74.7 cm³/mol. The van der Waals surface area contributed by atoms with Gasteiger partial charge in [-0.2, -0.15) is 0 Å². The highest BCUT2D eigenvalue weighted by atomic mass is 15.4. The van der Waals surface area contributed by atoms with Crippen molar-refractivity contribution >= 4 is 0 Å². The number of aromatic nitrogens is 4. The average molecular weight is 259 g/mol. The highest BCUT2D eigenvalue weighted by Crippen LogP contribution is 2.14. The van der Waals surface area contributed by atoms with Gasteiger partial charge in [0.25, 0.3) is 0 Å². The molecule has 19 heavy (non-hydrogen) atoms. The van der Waals surface area contributed by atoms with Crippen molar-refractivity contribution in [1.82, 2.24) is 24.9 Å². The Balaban J connectivity index is 2.09. The zero-order chi connectivity index (χ0) is 13.8. The maximum Gasteiger partial charge on any atom is 0.0967 e. The van der Waals surface area contributed by atoms with E-state index in [0.29, 0.717) is 6.04 Å². The summed E-state index contributed by atoms with van der Waals surface area (Å²) in [7, 11) is 2.09. The molecule has 1 atom stereocenters. The van der Waals surface area contributed by atoms with Crippen molar-refractivity contribution in [2.75, 3.05) is 7.05 Å². The first kappa shape index (κ1) is 13.7. The number of hydrogen-bond donors (Lipinski definition) is 0. The summed E-state index contributed by atoms with van der Waals surface area (Å²) in [4.78, 5) is 6.59. The van der Waals surface area contributed by atoms with Crippen LogP contribution in [-0.4, -0.2) is 38.0 Å². The van der Waals surface area contributed by atoms with Crippen molar-refractivity contribution in [2.45, 2.75) is 39.4 Å². The van der Waals surface area contributed by atoms with E-state index in [1.54, 1.807) is 6.20 Å². The largest absolute Gasteiger partial charge is 0.298 e.